The number of ether oxygens (including phenoxy) is 4. The van der Waals surface area contributed by atoms with Crippen LogP contribution in [0.3, 0.4) is 0 Å². The highest BCUT2D eigenvalue weighted by molar-refractivity contribution is 5.69. The van der Waals surface area contributed by atoms with Crippen LogP contribution in [0.5, 0.6) is 0 Å². The Kier molecular flexibility index (Phi) is 35.1. The number of rotatable bonds is 37. The molecule has 0 spiro atoms. The van der Waals surface area contributed by atoms with Gasteiger partial charge in [0.2, 0.25) is 0 Å². The normalized spacial score (nSPS) is 21.2. The number of hydrogen-bond donors (Lipinski definition) is 4. The van der Waals surface area contributed by atoms with Gasteiger partial charge in [0.1, 0.15) is 30.5 Å². The molecule has 1 aliphatic rings. The van der Waals surface area contributed by atoms with Crippen LogP contribution in [0.4, 0.5) is 0 Å². The Labute approximate surface area is 335 Å². The molecule has 6 unspecified atom stereocenters. The summed E-state index contributed by atoms with van der Waals surface area (Å²) in [6, 6.07) is 0. The maximum absolute atomic E-state index is 12.8. The van der Waals surface area contributed by atoms with Gasteiger partial charge in [-0.15, -0.1) is 0 Å². The van der Waals surface area contributed by atoms with Crippen LogP contribution >= 0.6 is 0 Å². The minimum absolute atomic E-state index is 0.122. The van der Waals surface area contributed by atoms with Crippen LogP contribution in [-0.2, 0) is 23.7 Å². The van der Waals surface area contributed by atoms with Crippen LogP contribution < -0.4 is 0 Å². The molecule has 0 bridgehead atoms. The lowest BCUT2D eigenvalue weighted by Crippen LogP contribution is -2.59. The number of esters is 1. The Morgan fingerprint density at radius 1 is 0.582 bits per heavy atom. The van der Waals surface area contributed by atoms with Crippen molar-refractivity contribution in [3.05, 3.63) is 48.6 Å². The Balaban J connectivity index is 2.29. The van der Waals surface area contributed by atoms with E-state index in [9.17, 15) is 25.2 Å². The third kappa shape index (κ3) is 29.1. The molecule has 6 atom stereocenters. The zero-order valence-electron chi connectivity index (χ0n) is 34.9. The molecule has 0 aromatic rings. The molecular formula is C46H82O9. The number of carbonyl (C=O) groups excluding carboxylic acids is 1. The second-order valence-corrected chi connectivity index (χ2v) is 15.1. The quantitative estimate of drug-likeness (QED) is 0.0276. The van der Waals surface area contributed by atoms with Gasteiger partial charge in [-0.2, -0.15) is 0 Å². The van der Waals surface area contributed by atoms with Gasteiger partial charge in [-0.1, -0.05) is 146 Å². The molecule has 0 amide bonds. The maximum Gasteiger partial charge on any atom is 0.306 e. The van der Waals surface area contributed by atoms with Gasteiger partial charge in [-0.25, -0.2) is 0 Å². The summed E-state index contributed by atoms with van der Waals surface area (Å²) in [5, 5.41) is 40.1. The summed E-state index contributed by atoms with van der Waals surface area (Å²) >= 11 is 0. The van der Waals surface area contributed by atoms with Gasteiger partial charge in [0.05, 0.1) is 19.8 Å². The number of allylic oxidation sites excluding steroid dienone is 8. The molecule has 1 fully saturated rings. The second kappa shape index (κ2) is 37.7. The summed E-state index contributed by atoms with van der Waals surface area (Å²) in [6.07, 6.45) is 38.4. The lowest BCUT2D eigenvalue weighted by atomic mass is 9.99. The number of unbranched alkanes of at least 4 members (excludes halogenated alkanes) is 18. The van der Waals surface area contributed by atoms with Crippen molar-refractivity contribution in [3.63, 3.8) is 0 Å². The van der Waals surface area contributed by atoms with Crippen LogP contribution in [0.15, 0.2) is 48.6 Å². The van der Waals surface area contributed by atoms with Crippen LogP contribution in [0.25, 0.3) is 0 Å². The van der Waals surface area contributed by atoms with Gasteiger partial charge in [-0.3, -0.25) is 4.79 Å². The highest BCUT2D eigenvalue weighted by Gasteiger charge is 2.44. The molecule has 0 aromatic heterocycles. The molecular weight excluding hydrogens is 696 g/mol. The first-order valence-corrected chi connectivity index (χ1v) is 22.2. The lowest BCUT2D eigenvalue weighted by molar-refractivity contribution is -0.305. The van der Waals surface area contributed by atoms with Crippen molar-refractivity contribution >= 4 is 5.97 Å². The fourth-order valence-corrected chi connectivity index (χ4v) is 6.42. The predicted molar refractivity (Wildman–Crippen MR) is 224 cm³/mol. The monoisotopic (exact) mass is 779 g/mol. The van der Waals surface area contributed by atoms with Gasteiger partial charge in [0, 0.05) is 13.0 Å². The van der Waals surface area contributed by atoms with E-state index in [0.29, 0.717) is 13.0 Å². The van der Waals surface area contributed by atoms with E-state index in [-0.39, 0.29) is 19.2 Å². The Morgan fingerprint density at radius 2 is 1.07 bits per heavy atom. The molecule has 9 nitrogen and oxygen atoms in total. The summed E-state index contributed by atoms with van der Waals surface area (Å²) in [5.41, 5.74) is 0. The summed E-state index contributed by atoms with van der Waals surface area (Å²) in [5.74, 6) is -0.327. The van der Waals surface area contributed by atoms with Gasteiger partial charge in [0.15, 0.2) is 6.29 Å². The predicted octanol–water partition coefficient (Wildman–Crippen LogP) is 9.75. The Hall–Kier alpha value is -1.85. The Bertz CT molecular complexity index is 978. The number of aliphatic hydroxyl groups excluding tert-OH is 4. The maximum atomic E-state index is 12.8. The summed E-state index contributed by atoms with van der Waals surface area (Å²) < 4.78 is 22.8. The molecule has 0 aromatic carbocycles. The first-order valence-electron chi connectivity index (χ1n) is 22.2. The summed E-state index contributed by atoms with van der Waals surface area (Å²) in [6.45, 7) is 4.46. The van der Waals surface area contributed by atoms with E-state index >= 15 is 0 Å². The molecule has 1 aliphatic heterocycles. The van der Waals surface area contributed by atoms with Crippen molar-refractivity contribution in [1.82, 2.24) is 0 Å². The average Bonchev–Trinajstić information content (AvgIpc) is 3.18. The van der Waals surface area contributed by atoms with E-state index < -0.39 is 43.4 Å². The lowest BCUT2D eigenvalue weighted by Gasteiger charge is -2.39. The van der Waals surface area contributed by atoms with E-state index in [2.05, 4.69) is 62.5 Å². The largest absolute Gasteiger partial charge is 0.457 e. The molecule has 55 heavy (non-hydrogen) atoms. The van der Waals surface area contributed by atoms with Crippen LogP contribution in [0.1, 0.15) is 174 Å². The highest BCUT2D eigenvalue weighted by Crippen LogP contribution is 2.22. The SMILES string of the molecule is CCCC/C=C\C/C=C\CCCCCCCCOCC(COC1OC(CO)C(O)C(O)C1O)OC(=O)CCCCCCCCC/C=C\C/C=C\CCCCC. The van der Waals surface area contributed by atoms with E-state index in [1.165, 1.54) is 83.5 Å². The molecule has 9 heteroatoms. The van der Waals surface area contributed by atoms with Crippen molar-refractivity contribution < 1.29 is 44.2 Å². The number of aliphatic hydroxyl groups is 4. The van der Waals surface area contributed by atoms with Crippen molar-refractivity contribution in [2.45, 2.75) is 211 Å². The third-order valence-electron chi connectivity index (χ3n) is 9.97. The fourth-order valence-electron chi connectivity index (χ4n) is 6.42. The standard InChI is InChI=1S/C46H82O9/c1-3-5-7-9-11-13-15-17-19-20-21-23-25-27-29-31-33-35-42(48)54-40(39-53-46-45(51)44(50)43(49)41(37-47)55-46)38-52-36-34-32-30-28-26-24-22-18-16-14-12-10-8-6-4-2/h10-13,16-19,40-41,43-47,49-51H,3-9,14-15,20-39H2,1-2H3/b12-10-,13-11-,18-16-,19-17-. The zero-order valence-corrected chi connectivity index (χ0v) is 34.9. The summed E-state index contributed by atoms with van der Waals surface area (Å²) in [7, 11) is 0. The van der Waals surface area contributed by atoms with Gasteiger partial charge in [0.25, 0.3) is 0 Å². The molecule has 1 rings (SSSR count). The number of hydrogen-bond acceptors (Lipinski definition) is 9. The fraction of sp³-hybridized carbons (Fsp3) is 0.804. The molecule has 1 saturated heterocycles. The van der Waals surface area contributed by atoms with Gasteiger partial charge < -0.3 is 39.4 Å². The third-order valence-corrected chi connectivity index (χ3v) is 9.97. The zero-order chi connectivity index (χ0) is 40.0. The van der Waals surface area contributed by atoms with Crippen LogP contribution in [-0.4, -0.2) is 89.6 Å². The molecule has 320 valence electrons. The van der Waals surface area contributed by atoms with Crippen molar-refractivity contribution in [1.29, 1.82) is 0 Å². The van der Waals surface area contributed by atoms with E-state index in [1.807, 2.05) is 0 Å². The average molecular weight is 779 g/mol. The highest BCUT2D eigenvalue weighted by atomic mass is 16.7. The summed E-state index contributed by atoms with van der Waals surface area (Å²) in [4.78, 5) is 12.8. The molecule has 0 aliphatic carbocycles. The molecule has 1 heterocycles. The van der Waals surface area contributed by atoms with Crippen molar-refractivity contribution in [2.24, 2.45) is 0 Å². The first-order chi connectivity index (χ1) is 26.9. The van der Waals surface area contributed by atoms with E-state index in [4.69, 9.17) is 18.9 Å². The van der Waals surface area contributed by atoms with Gasteiger partial charge in [-0.05, 0) is 70.6 Å². The molecule has 0 saturated carbocycles. The van der Waals surface area contributed by atoms with Crippen LogP contribution in [0, 0.1) is 0 Å². The Morgan fingerprint density at radius 3 is 1.62 bits per heavy atom. The van der Waals surface area contributed by atoms with Gasteiger partial charge >= 0.3 is 5.97 Å². The van der Waals surface area contributed by atoms with E-state index in [1.54, 1.807) is 0 Å². The minimum atomic E-state index is -1.54. The molecule has 4 N–H and O–H groups in total. The molecule has 0 radical (unpaired) electrons. The van der Waals surface area contributed by atoms with Crippen molar-refractivity contribution in [3.8, 4) is 0 Å². The van der Waals surface area contributed by atoms with Crippen LogP contribution in [0.2, 0.25) is 0 Å². The topological polar surface area (TPSA) is 135 Å². The van der Waals surface area contributed by atoms with Crippen molar-refractivity contribution in [2.75, 3.05) is 26.4 Å². The second-order valence-electron chi connectivity index (χ2n) is 15.1. The van der Waals surface area contributed by atoms with E-state index in [0.717, 1.165) is 70.6 Å². The number of carbonyl (C=O) groups is 1. The smallest absolute Gasteiger partial charge is 0.306 e. The minimum Gasteiger partial charge on any atom is -0.457 e. The first kappa shape index (κ1) is 51.2.